The zero-order valence-corrected chi connectivity index (χ0v) is 19.8. The number of rotatable bonds is 22. The Bertz CT molecular complexity index is 263. The molecule has 0 amide bonds. The van der Waals surface area contributed by atoms with Gasteiger partial charge in [0.15, 0.2) is 0 Å². The van der Waals surface area contributed by atoms with Crippen LogP contribution in [-0.4, -0.2) is 13.1 Å². The molecule has 0 aromatic heterocycles. The van der Waals surface area contributed by atoms with Gasteiger partial charge in [-0.3, -0.25) is 0 Å². The minimum absolute atomic E-state index is 0.923. The van der Waals surface area contributed by atoms with Gasteiger partial charge in [0, 0.05) is 0 Å². The molecule has 0 aliphatic carbocycles. The van der Waals surface area contributed by atoms with Gasteiger partial charge in [0.1, 0.15) is 0 Å². The van der Waals surface area contributed by atoms with Crippen molar-refractivity contribution in [2.24, 2.45) is 11.8 Å². The Morgan fingerprint density at radius 3 is 1.59 bits per heavy atom. The first-order chi connectivity index (χ1) is 13.3. The molecule has 0 saturated heterocycles. The Balaban J connectivity index is 3.41. The van der Waals surface area contributed by atoms with Crippen molar-refractivity contribution in [3.8, 4) is 0 Å². The van der Waals surface area contributed by atoms with Crippen molar-refractivity contribution in [1.82, 2.24) is 5.32 Å². The van der Waals surface area contributed by atoms with Crippen molar-refractivity contribution in [2.45, 2.75) is 143 Å². The molecule has 0 fully saturated rings. The Morgan fingerprint density at radius 2 is 1.00 bits per heavy atom. The molecule has 2 unspecified atom stereocenters. The van der Waals surface area contributed by atoms with Gasteiger partial charge < -0.3 is 5.32 Å². The van der Waals surface area contributed by atoms with E-state index in [1.807, 2.05) is 0 Å². The summed E-state index contributed by atoms with van der Waals surface area (Å²) < 4.78 is 0. The fourth-order valence-electron chi connectivity index (χ4n) is 4.45. The lowest BCUT2D eigenvalue weighted by Gasteiger charge is -2.17. The molecule has 164 valence electrons. The Hall–Kier alpha value is -0.0400. The maximum absolute atomic E-state index is 3.75. The molecule has 0 aromatic rings. The molecule has 0 radical (unpaired) electrons. The zero-order valence-electron chi connectivity index (χ0n) is 19.8. The van der Waals surface area contributed by atoms with Gasteiger partial charge in [-0.25, -0.2) is 0 Å². The van der Waals surface area contributed by atoms with Gasteiger partial charge in [-0.15, -0.1) is 0 Å². The molecule has 0 aliphatic rings. The van der Waals surface area contributed by atoms with Crippen LogP contribution < -0.4 is 5.32 Å². The third-order valence-electron chi connectivity index (χ3n) is 6.34. The van der Waals surface area contributed by atoms with Gasteiger partial charge in [0.2, 0.25) is 0 Å². The van der Waals surface area contributed by atoms with E-state index >= 15 is 0 Å². The number of hydrogen-bond donors (Lipinski definition) is 1. The summed E-state index contributed by atoms with van der Waals surface area (Å²) in [7, 11) is 0. The molecule has 0 bridgehead atoms. The smallest absolute Gasteiger partial charge is 0.00205 e. The van der Waals surface area contributed by atoms with Gasteiger partial charge in [-0.2, -0.15) is 0 Å². The summed E-state index contributed by atoms with van der Waals surface area (Å²) in [4.78, 5) is 0. The topological polar surface area (TPSA) is 12.0 Å². The van der Waals surface area contributed by atoms with Gasteiger partial charge in [-0.05, 0) is 44.2 Å². The molecule has 0 saturated carbocycles. The predicted molar refractivity (Wildman–Crippen MR) is 126 cm³/mol. The standard InChI is InChI=1S/C26H55N/c1-5-9-10-16-22-26(20-7-3)24-27-23-18-15-13-11-12-14-17-21-25(8-4)19-6-2/h25-27H,5-24H2,1-4H3. The summed E-state index contributed by atoms with van der Waals surface area (Å²) in [5.41, 5.74) is 0. The second-order valence-electron chi connectivity index (χ2n) is 9.03. The Morgan fingerprint density at radius 1 is 0.481 bits per heavy atom. The maximum Gasteiger partial charge on any atom is -0.00205 e. The molecule has 0 aliphatic heterocycles. The third-order valence-corrected chi connectivity index (χ3v) is 6.34. The van der Waals surface area contributed by atoms with E-state index in [0.29, 0.717) is 0 Å². The molecule has 0 aromatic carbocycles. The SMILES string of the molecule is CCCCCCC(CCC)CNCCCCCCCCCC(CC)CCC. The molecule has 0 heterocycles. The Labute approximate surface area is 173 Å². The quantitative estimate of drug-likeness (QED) is 0.185. The number of unbranched alkanes of at least 4 members (excludes halogenated alkanes) is 9. The van der Waals surface area contributed by atoms with Crippen LogP contribution in [0.4, 0.5) is 0 Å². The van der Waals surface area contributed by atoms with Gasteiger partial charge in [-0.1, -0.05) is 124 Å². The molecule has 1 heteroatoms. The molecule has 27 heavy (non-hydrogen) atoms. The lowest BCUT2D eigenvalue weighted by molar-refractivity contribution is 0.392. The van der Waals surface area contributed by atoms with E-state index in [-0.39, 0.29) is 0 Å². The van der Waals surface area contributed by atoms with E-state index < -0.39 is 0 Å². The average Bonchev–Trinajstić information content (AvgIpc) is 2.68. The fourth-order valence-corrected chi connectivity index (χ4v) is 4.45. The largest absolute Gasteiger partial charge is 0.316 e. The lowest BCUT2D eigenvalue weighted by Crippen LogP contribution is -2.24. The van der Waals surface area contributed by atoms with E-state index in [4.69, 9.17) is 0 Å². The van der Waals surface area contributed by atoms with Crippen LogP contribution in [0.2, 0.25) is 0 Å². The highest BCUT2D eigenvalue weighted by atomic mass is 14.8. The zero-order chi connectivity index (χ0) is 20.0. The first kappa shape index (κ1) is 27.0. The van der Waals surface area contributed by atoms with Crippen molar-refractivity contribution in [3.05, 3.63) is 0 Å². The highest BCUT2D eigenvalue weighted by Crippen LogP contribution is 2.19. The monoisotopic (exact) mass is 381 g/mol. The van der Waals surface area contributed by atoms with Gasteiger partial charge in [0.25, 0.3) is 0 Å². The van der Waals surface area contributed by atoms with Crippen LogP contribution in [0.3, 0.4) is 0 Å². The first-order valence-electron chi connectivity index (χ1n) is 13.0. The van der Waals surface area contributed by atoms with Crippen LogP contribution in [0.25, 0.3) is 0 Å². The van der Waals surface area contributed by atoms with Crippen LogP contribution in [0.1, 0.15) is 143 Å². The molecule has 1 N–H and O–H groups in total. The van der Waals surface area contributed by atoms with Crippen LogP contribution in [0, 0.1) is 11.8 Å². The highest BCUT2D eigenvalue weighted by Gasteiger charge is 2.07. The molecular weight excluding hydrogens is 326 g/mol. The maximum atomic E-state index is 3.75. The molecule has 2 atom stereocenters. The summed E-state index contributed by atoms with van der Waals surface area (Å²) in [6.07, 6.45) is 25.6. The van der Waals surface area contributed by atoms with E-state index in [9.17, 15) is 0 Å². The first-order valence-corrected chi connectivity index (χ1v) is 13.0. The predicted octanol–water partition coefficient (Wildman–Crippen LogP) is 8.91. The number of hydrogen-bond acceptors (Lipinski definition) is 1. The van der Waals surface area contributed by atoms with E-state index in [2.05, 4.69) is 33.0 Å². The van der Waals surface area contributed by atoms with E-state index in [1.54, 1.807) is 0 Å². The minimum atomic E-state index is 0.923. The summed E-state index contributed by atoms with van der Waals surface area (Å²) in [6.45, 7) is 11.8. The summed E-state index contributed by atoms with van der Waals surface area (Å²) in [6, 6.07) is 0. The fraction of sp³-hybridized carbons (Fsp3) is 1.00. The summed E-state index contributed by atoms with van der Waals surface area (Å²) in [5.74, 6) is 1.93. The average molecular weight is 382 g/mol. The van der Waals surface area contributed by atoms with Crippen LogP contribution >= 0.6 is 0 Å². The van der Waals surface area contributed by atoms with E-state index in [1.165, 1.54) is 129 Å². The van der Waals surface area contributed by atoms with Crippen LogP contribution in [0.15, 0.2) is 0 Å². The normalized spacial score (nSPS) is 13.8. The van der Waals surface area contributed by atoms with Crippen molar-refractivity contribution in [3.63, 3.8) is 0 Å². The summed E-state index contributed by atoms with van der Waals surface area (Å²) in [5, 5.41) is 3.75. The van der Waals surface area contributed by atoms with E-state index in [0.717, 1.165) is 11.8 Å². The molecule has 1 nitrogen and oxygen atoms in total. The highest BCUT2D eigenvalue weighted by molar-refractivity contribution is 4.63. The third kappa shape index (κ3) is 19.1. The van der Waals surface area contributed by atoms with Gasteiger partial charge in [0.05, 0.1) is 0 Å². The van der Waals surface area contributed by atoms with Crippen molar-refractivity contribution < 1.29 is 0 Å². The van der Waals surface area contributed by atoms with Gasteiger partial charge >= 0.3 is 0 Å². The second kappa shape index (κ2) is 22.3. The Kier molecular flexibility index (Phi) is 22.2. The van der Waals surface area contributed by atoms with Crippen molar-refractivity contribution in [1.29, 1.82) is 0 Å². The van der Waals surface area contributed by atoms with Crippen molar-refractivity contribution in [2.75, 3.05) is 13.1 Å². The second-order valence-corrected chi connectivity index (χ2v) is 9.03. The molecule has 0 spiro atoms. The van der Waals surface area contributed by atoms with Crippen molar-refractivity contribution >= 4 is 0 Å². The lowest BCUT2D eigenvalue weighted by atomic mass is 9.94. The van der Waals surface area contributed by atoms with Crippen LogP contribution in [0.5, 0.6) is 0 Å². The summed E-state index contributed by atoms with van der Waals surface area (Å²) >= 11 is 0. The minimum Gasteiger partial charge on any atom is -0.316 e. The number of nitrogens with one attached hydrogen (secondary N) is 1. The molecule has 0 rings (SSSR count). The molecular formula is C26H55N. The van der Waals surface area contributed by atoms with Crippen LogP contribution in [-0.2, 0) is 0 Å².